The maximum absolute atomic E-state index is 11.4. The molecule has 1 N–H and O–H groups in total. The molecule has 1 aliphatic carbocycles. The molecule has 0 aliphatic heterocycles. The van der Waals surface area contributed by atoms with E-state index in [-0.39, 0.29) is 11.6 Å². The molecule has 0 heterocycles. The van der Waals surface area contributed by atoms with E-state index in [0.717, 1.165) is 19.4 Å². The minimum atomic E-state index is -0.479. The van der Waals surface area contributed by atoms with Crippen molar-refractivity contribution in [1.29, 1.82) is 0 Å². The Bertz CT molecular complexity index is 241. The number of carbonyl (C=O) groups is 1. The van der Waals surface area contributed by atoms with Gasteiger partial charge >= 0.3 is 5.97 Å². The molecule has 1 aliphatic rings. The Morgan fingerprint density at radius 3 is 2.38 bits per heavy atom. The van der Waals surface area contributed by atoms with Crippen molar-refractivity contribution in [3.05, 3.63) is 0 Å². The van der Waals surface area contributed by atoms with Crippen molar-refractivity contribution in [1.82, 2.24) is 5.32 Å². The fraction of sp³-hybridized carbons (Fsp3) is 0.917. The average Bonchev–Trinajstić information content (AvgIpc) is 2.20. The van der Waals surface area contributed by atoms with Crippen molar-refractivity contribution in [3.63, 3.8) is 0 Å². The van der Waals surface area contributed by atoms with Crippen LogP contribution in [-0.2, 0) is 14.3 Å². The Kier molecular flexibility index (Phi) is 4.33. The zero-order valence-corrected chi connectivity index (χ0v) is 10.8. The van der Waals surface area contributed by atoms with Gasteiger partial charge in [-0.3, -0.25) is 4.79 Å². The van der Waals surface area contributed by atoms with Crippen LogP contribution < -0.4 is 5.32 Å². The molecule has 16 heavy (non-hydrogen) atoms. The lowest BCUT2D eigenvalue weighted by molar-refractivity contribution is -0.150. The van der Waals surface area contributed by atoms with Gasteiger partial charge in [0.2, 0.25) is 0 Å². The Morgan fingerprint density at radius 1 is 1.38 bits per heavy atom. The molecule has 0 spiro atoms. The summed E-state index contributed by atoms with van der Waals surface area (Å²) in [4.78, 5) is 11.4. The van der Waals surface area contributed by atoms with Gasteiger partial charge in [-0.2, -0.15) is 0 Å². The number of hydrogen-bond acceptors (Lipinski definition) is 4. The maximum atomic E-state index is 11.4. The quantitative estimate of drug-likeness (QED) is 0.698. The van der Waals surface area contributed by atoms with Gasteiger partial charge in [0.05, 0.1) is 18.1 Å². The molecule has 0 unspecified atom stereocenters. The van der Waals surface area contributed by atoms with E-state index in [0.29, 0.717) is 6.54 Å². The van der Waals surface area contributed by atoms with Gasteiger partial charge in [0.1, 0.15) is 0 Å². The molecule has 1 fully saturated rings. The monoisotopic (exact) mass is 229 g/mol. The number of rotatable bonds is 6. The minimum absolute atomic E-state index is 0.00615. The summed E-state index contributed by atoms with van der Waals surface area (Å²) in [5.74, 6) is -0.180. The van der Waals surface area contributed by atoms with Gasteiger partial charge in [0, 0.05) is 20.2 Å². The molecule has 1 saturated carbocycles. The van der Waals surface area contributed by atoms with Gasteiger partial charge in [0.25, 0.3) is 0 Å². The third-order valence-electron chi connectivity index (χ3n) is 3.45. The lowest BCUT2D eigenvalue weighted by Gasteiger charge is -2.41. The summed E-state index contributed by atoms with van der Waals surface area (Å²) in [5.41, 5.74) is -0.473. The predicted octanol–water partition coefficient (Wildman–Crippen LogP) is 1.34. The SMILES string of the molecule is COC(=O)C(C)(C)CNCC1(OC)CCC1. The van der Waals surface area contributed by atoms with Crippen molar-refractivity contribution >= 4 is 5.97 Å². The number of esters is 1. The highest BCUT2D eigenvalue weighted by Gasteiger charge is 2.37. The van der Waals surface area contributed by atoms with Crippen LogP contribution in [0.5, 0.6) is 0 Å². The zero-order chi connectivity index (χ0) is 12.2. The van der Waals surface area contributed by atoms with Crippen LogP contribution in [0.4, 0.5) is 0 Å². The smallest absolute Gasteiger partial charge is 0.312 e. The first-order valence-electron chi connectivity index (χ1n) is 5.80. The maximum Gasteiger partial charge on any atom is 0.312 e. The molecule has 0 saturated heterocycles. The zero-order valence-electron chi connectivity index (χ0n) is 10.8. The highest BCUT2D eigenvalue weighted by molar-refractivity contribution is 5.76. The van der Waals surface area contributed by atoms with Crippen molar-refractivity contribution in [3.8, 4) is 0 Å². The summed E-state index contributed by atoms with van der Waals surface area (Å²) >= 11 is 0. The van der Waals surface area contributed by atoms with Crippen LogP contribution in [0.15, 0.2) is 0 Å². The fourth-order valence-corrected chi connectivity index (χ4v) is 1.98. The van der Waals surface area contributed by atoms with E-state index in [1.165, 1.54) is 13.5 Å². The van der Waals surface area contributed by atoms with Gasteiger partial charge in [0.15, 0.2) is 0 Å². The van der Waals surface area contributed by atoms with Gasteiger partial charge < -0.3 is 14.8 Å². The first-order chi connectivity index (χ1) is 7.46. The second-order valence-corrected chi connectivity index (χ2v) is 5.22. The van der Waals surface area contributed by atoms with Crippen LogP contribution in [0, 0.1) is 5.41 Å². The summed E-state index contributed by atoms with van der Waals surface area (Å²) in [6.45, 7) is 5.19. The van der Waals surface area contributed by atoms with Crippen LogP contribution in [0.25, 0.3) is 0 Å². The lowest BCUT2D eigenvalue weighted by atomic mass is 9.79. The van der Waals surface area contributed by atoms with E-state index in [1.807, 2.05) is 13.8 Å². The Labute approximate surface area is 97.7 Å². The number of methoxy groups -OCH3 is 2. The van der Waals surface area contributed by atoms with E-state index in [4.69, 9.17) is 9.47 Å². The molecular formula is C12H23NO3. The largest absolute Gasteiger partial charge is 0.469 e. The number of hydrogen-bond donors (Lipinski definition) is 1. The Morgan fingerprint density at radius 2 is 2.00 bits per heavy atom. The van der Waals surface area contributed by atoms with Gasteiger partial charge in [-0.05, 0) is 33.1 Å². The topological polar surface area (TPSA) is 47.6 Å². The minimum Gasteiger partial charge on any atom is -0.469 e. The second-order valence-electron chi connectivity index (χ2n) is 5.22. The molecule has 0 aromatic rings. The molecule has 0 atom stereocenters. The summed E-state index contributed by atoms with van der Waals surface area (Å²) in [6.07, 6.45) is 3.44. The van der Waals surface area contributed by atoms with E-state index in [1.54, 1.807) is 7.11 Å². The predicted molar refractivity (Wildman–Crippen MR) is 62.3 cm³/mol. The molecule has 0 aromatic carbocycles. The summed E-state index contributed by atoms with van der Waals surface area (Å²) < 4.78 is 10.3. The molecule has 1 rings (SSSR count). The van der Waals surface area contributed by atoms with Crippen molar-refractivity contribution in [2.45, 2.75) is 38.7 Å². The Hall–Kier alpha value is -0.610. The number of carbonyl (C=O) groups excluding carboxylic acids is 1. The molecule has 4 nitrogen and oxygen atoms in total. The highest BCUT2D eigenvalue weighted by Crippen LogP contribution is 2.34. The second kappa shape index (κ2) is 5.15. The molecule has 0 bridgehead atoms. The van der Waals surface area contributed by atoms with Crippen molar-refractivity contribution in [2.75, 3.05) is 27.3 Å². The standard InChI is InChI=1S/C12H23NO3/c1-11(2,10(14)15-3)8-13-9-12(16-4)6-5-7-12/h13H,5-9H2,1-4H3. The van der Waals surface area contributed by atoms with Crippen LogP contribution in [0.3, 0.4) is 0 Å². The average molecular weight is 229 g/mol. The molecule has 0 radical (unpaired) electrons. The molecule has 94 valence electrons. The van der Waals surface area contributed by atoms with E-state index >= 15 is 0 Å². The first kappa shape index (κ1) is 13.5. The van der Waals surface area contributed by atoms with E-state index in [2.05, 4.69) is 5.32 Å². The van der Waals surface area contributed by atoms with Crippen molar-refractivity contribution < 1.29 is 14.3 Å². The van der Waals surface area contributed by atoms with E-state index < -0.39 is 5.41 Å². The van der Waals surface area contributed by atoms with Gasteiger partial charge in [-0.15, -0.1) is 0 Å². The summed E-state index contributed by atoms with van der Waals surface area (Å²) in [7, 11) is 3.18. The fourth-order valence-electron chi connectivity index (χ4n) is 1.98. The summed E-state index contributed by atoms with van der Waals surface area (Å²) in [5, 5.41) is 3.31. The summed E-state index contributed by atoms with van der Waals surface area (Å²) in [6, 6.07) is 0. The van der Waals surface area contributed by atoms with Crippen LogP contribution in [0.1, 0.15) is 33.1 Å². The third-order valence-corrected chi connectivity index (χ3v) is 3.45. The van der Waals surface area contributed by atoms with Crippen LogP contribution in [-0.4, -0.2) is 38.9 Å². The first-order valence-corrected chi connectivity index (χ1v) is 5.80. The molecule has 4 heteroatoms. The van der Waals surface area contributed by atoms with Gasteiger partial charge in [-0.25, -0.2) is 0 Å². The van der Waals surface area contributed by atoms with Crippen LogP contribution >= 0.6 is 0 Å². The third kappa shape index (κ3) is 2.95. The van der Waals surface area contributed by atoms with E-state index in [9.17, 15) is 4.79 Å². The lowest BCUT2D eigenvalue weighted by Crippen LogP contribution is -2.50. The Balaban J connectivity index is 2.31. The van der Waals surface area contributed by atoms with Crippen molar-refractivity contribution in [2.24, 2.45) is 5.41 Å². The molecular weight excluding hydrogens is 206 g/mol. The van der Waals surface area contributed by atoms with Gasteiger partial charge in [-0.1, -0.05) is 0 Å². The number of nitrogens with one attached hydrogen (secondary N) is 1. The highest BCUT2D eigenvalue weighted by atomic mass is 16.5. The van der Waals surface area contributed by atoms with Crippen LogP contribution in [0.2, 0.25) is 0 Å². The molecule has 0 amide bonds. The number of ether oxygens (including phenoxy) is 2. The molecule has 0 aromatic heterocycles. The normalized spacial score (nSPS) is 19.0.